The molecule has 6 heteroatoms. The van der Waals surface area contributed by atoms with E-state index in [9.17, 15) is 4.79 Å². The van der Waals surface area contributed by atoms with Gasteiger partial charge in [0, 0.05) is 44.0 Å². The topological polar surface area (TPSA) is 48.5 Å². The fraction of sp³-hybridized carbons (Fsp3) is 0.778. The molecule has 1 aromatic rings. The largest absolute Gasteiger partial charge is 0.340 e. The Hall–Kier alpha value is -0.980. The van der Waals surface area contributed by atoms with E-state index < -0.39 is 0 Å². The zero-order valence-electron chi connectivity index (χ0n) is 14.6. The zero-order valence-corrected chi connectivity index (χ0v) is 15.4. The van der Waals surface area contributed by atoms with Crippen molar-refractivity contribution in [2.24, 2.45) is 11.3 Å². The van der Waals surface area contributed by atoms with Crippen LogP contribution in [0.5, 0.6) is 0 Å². The van der Waals surface area contributed by atoms with Crippen molar-refractivity contribution in [3.8, 4) is 0 Å². The van der Waals surface area contributed by atoms with E-state index in [-0.39, 0.29) is 0 Å². The molecule has 132 valence electrons. The molecule has 1 atom stereocenters. The van der Waals surface area contributed by atoms with Gasteiger partial charge >= 0.3 is 0 Å². The van der Waals surface area contributed by atoms with Crippen LogP contribution in [0.15, 0.2) is 5.38 Å². The molecule has 3 fully saturated rings. The minimum Gasteiger partial charge on any atom is -0.340 e. The van der Waals surface area contributed by atoms with Gasteiger partial charge in [0.15, 0.2) is 0 Å². The van der Waals surface area contributed by atoms with Crippen molar-refractivity contribution in [2.75, 3.05) is 39.3 Å². The number of hydrogen-bond acceptors (Lipinski definition) is 5. The summed E-state index contributed by atoms with van der Waals surface area (Å²) < 4.78 is 0. The third-order valence-corrected chi connectivity index (χ3v) is 7.10. The molecule has 1 unspecified atom stereocenters. The minimum absolute atomic E-state index is 0.316. The van der Waals surface area contributed by atoms with Gasteiger partial charge in [-0.05, 0) is 44.2 Å². The molecule has 0 bridgehead atoms. The quantitative estimate of drug-likeness (QED) is 0.900. The molecule has 5 nitrogen and oxygen atoms in total. The van der Waals surface area contributed by atoms with Crippen LogP contribution in [0.25, 0.3) is 0 Å². The second kappa shape index (κ2) is 6.73. The Balaban J connectivity index is 1.26. The van der Waals surface area contributed by atoms with Gasteiger partial charge in [0.2, 0.25) is 5.91 Å². The highest BCUT2D eigenvalue weighted by molar-refractivity contribution is 7.09. The van der Waals surface area contributed by atoms with Gasteiger partial charge in [-0.15, -0.1) is 11.3 Å². The van der Waals surface area contributed by atoms with E-state index in [4.69, 9.17) is 0 Å². The Morgan fingerprint density at radius 2 is 2.08 bits per heavy atom. The summed E-state index contributed by atoms with van der Waals surface area (Å²) >= 11 is 1.76. The van der Waals surface area contributed by atoms with Crippen LogP contribution in [0.3, 0.4) is 0 Å². The van der Waals surface area contributed by atoms with Gasteiger partial charge in [-0.1, -0.05) is 6.92 Å². The highest BCUT2D eigenvalue weighted by Gasteiger charge is 2.58. The van der Waals surface area contributed by atoms with E-state index in [0.717, 1.165) is 58.7 Å². The molecule has 2 aliphatic heterocycles. The maximum atomic E-state index is 12.8. The minimum atomic E-state index is 0.316. The van der Waals surface area contributed by atoms with Crippen LogP contribution in [0.2, 0.25) is 0 Å². The smallest absolute Gasteiger partial charge is 0.226 e. The summed E-state index contributed by atoms with van der Waals surface area (Å²) in [4.78, 5) is 22.0. The van der Waals surface area contributed by atoms with E-state index in [2.05, 4.69) is 32.4 Å². The van der Waals surface area contributed by atoms with Crippen molar-refractivity contribution < 1.29 is 4.79 Å². The van der Waals surface area contributed by atoms with E-state index in [0.29, 0.717) is 17.2 Å². The molecular formula is C18H28N4OS. The van der Waals surface area contributed by atoms with Crippen LogP contribution < -0.4 is 5.32 Å². The van der Waals surface area contributed by atoms with Crippen molar-refractivity contribution in [1.82, 2.24) is 20.1 Å². The molecule has 1 amide bonds. The molecular weight excluding hydrogens is 320 g/mol. The summed E-state index contributed by atoms with van der Waals surface area (Å²) in [5.41, 5.74) is 1.55. The Kier molecular flexibility index (Phi) is 4.62. The monoisotopic (exact) mass is 348 g/mol. The zero-order chi connectivity index (χ0) is 16.6. The number of aryl methyl sites for hydroxylation is 1. The lowest BCUT2D eigenvalue weighted by atomic mass is 9.91. The number of piperazine rings is 1. The first-order valence-electron chi connectivity index (χ1n) is 9.35. The first-order chi connectivity index (χ1) is 11.7. The van der Waals surface area contributed by atoms with Gasteiger partial charge in [-0.2, -0.15) is 0 Å². The third kappa shape index (κ3) is 3.24. The third-order valence-electron chi connectivity index (χ3n) is 6.06. The Bertz CT molecular complexity index is 588. The number of rotatable bonds is 4. The summed E-state index contributed by atoms with van der Waals surface area (Å²) in [6, 6.07) is 0. The fourth-order valence-corrected chi connectivity index (χ4v) is 5.07. The normalized spacial score (nSPS) is 26.7. The van der Waals surface area contributed by atoms with Crippen molar-refractivity contribution in [3.05, 3.63) is 16.1 Å². The average molecular weight is 349 g/mol. The van der Waals surface area contributed by atoms with Crippen molar-refractivity contribution in [3.63, 3.8) is 0 Å². The van der Waals surface area contributed by atoms with Gasteiger partial charge in [-0.3, -0.25) is 9.69 Å². The highest BCUT2D eigenvalue weighted by Crippen LogP contribution is 2.59. The standard InChI is InChI=1S/C18H28N4OS/c1-2-16-20-14(13-24-16)12-21-7-9-22(10-8-21)17(23)15-11-18(15)3-5-19-6-4-18/h13,15,19H,2-12H2,1H3. The molecule has 3 aliphatic rings. The Morgan fingerprint density at radius 3 is 2.75 bits per heavy atom. The molecule has 1 aromatic heterocycles. The number of thiazole rings is 1. The number of aromatic nitrogens is 1. The number of nitrogens with zero attached hydrogens (tertiary/aromatic N) is 3. The van der Waals surface area contributed by atoms with E-state index >= 15 is 0 Å². The van der Waals surface area contributed by atoms with Crippen LogP contribution in [0, 0.1) is 11.3 Å². The lowest BCUT2D eigenvalue weighted by molar-refractivity contribution is -0.135. The summed E-state index contributed by atoms with van der Waals surface area (Å²) in [7, 11) is 0. The van der Waals surface area contributed by atoms with E-state index in [1.165, 1.54) is 23.5 Å². The van der Waals surface area contributed by atoms with Gasteiger partial charge in [0.05, 0.1) is 10.7 Å². The van der Waals surface area contributed by atoms with Gasteiger partial charge in [-0.25, -0.2) is 4.98 Å². The molecule has 2 saturated heterocycles. The van der Waals surface area contributed by atoms with Crippen LogP contribution in [0.4, 0.5) is 0 Å². The Labute approximate surface area is 148 Å². The second-order valence-electron chi connectivity index (χ2n) is 7.56. The number of hydrogen-bond donors (Lipinski definition) is 1. The number of piperidine rings is 1. The van der Waals surface area contributed by atoms with Gasteiger partial charge in [0.25, 0.3) is 0 Å². The Morgan fingerprint density at radius 1 is 1.33 bits per heavy atom. The first kappa shape index (κ1) is 16.5. The summed E-state index contributed by atoms with van der Waals surface area (Å²) in [6.45, 7) is 8.98. The molecule has 0 aromatic carbocycles. The van der Waals surface area contributed by atoms with Crippen LogP contribution in [-0.4, -0.2) is 60.0 Å². The summed E-state index contributed by atoms with van der Waals surface area (Å²) in [5, 5.41) is 6.82. The number of carbonyl (C=O) groups excluding carboxylic acids is 1. The maximum Gasteiger partial charge on any atom is 0.226 e. The van der Waals surface area contributed by atoms with Crippen molar-refractivity contribution >= 4 is 17.2 Å². The molecule has 1 aliphatic carbocycles. The molecule has 1 N–H and O–H groups in total. The average Bonchev–Trinajstić information content (AvgIpc) is 3.10. The number of amides is 1. The first-order valence-corrected chi connectivity index (χ1v) is 10.2. The molecule has 4 rings (SSSR count). The van der Waals surface area contributed by atoms with Gasteiger partial charge in [0.1, 0.15) is 0 Å². The molecule has 24 heavy (non-hydrogen) atoms. The number of nitrogens with one attached hydrogen (secondary N) is 1. The number of carbonyl (C=O) groups is 1. The lowest BCUT2D eigenvalue weighted by Gasteiger charge is -2.35. The predicted octanol–water partition coefficient (Wildman–Crippen LogP) is 1.74. The molecule has 3 heterocycles. The van der Waals surface area contributed by atoms with Crippen molar-refractivity contribution in [2.45, 2.75) is 39.2 Å². The summed E-state index contributed by atoms with van der Waals surface area (Å²) in [6.07, 6.45) is 4.53. The molecule has 1 saturated carbocycles. The lowest BCUT2D eigenvalue weighted by Crippen LogP contribution is -2.49. The van der Waals surface area contributed by atoms with E-state index in [1.54, 1.807) is 11.3 Å². The molecule has 1 spiro atoms. The molecule has 0 radical (unpaired) electrons. The van der Waals surface area contributed by atoms with Gasteiger partial charge < -0.3 is 10.2 Å². The van der Waals surface area contributed by atoms with Crippen molar-refractivity contribution in [1.29, 1.82) is 0 Å². The van der Waals surface area contributed by atoms with Crippen LogP contribution >= 0.6 is 11.3 Å². The van der Waals surface area contributed by atoms with E-state index in [1.807, 2.05) is 0 Å². The van der Waals surface area contributed by atoms with Crippen LogP contribution in [-0.2, 0) is 17.8 Å². The predicted molar refractivity (Wildman–Crippen MR) is 96.0 cm³/mol. The fourth-order valence-electron chi connectivity index (χ4n) is 4.33. The highest BCUT2D eigenvalue weighted by atomic mass is 32.1. The SMILES string of the molecule is CCc1nc(CN2CCN(C(=O)C3CC34CCNCC4)CC2)cs1. The second-order valence-corrected chi connectivity index (χ2v) is 8.50. The maximum absolute atomic E-state index is 12.8. The summed E-state index contributed by atoms with van der Waals surface area (Å²) in [5.74, 6) is 0.746. The van der Waals surface area contributed by atoms with Crippen LogP contribution in [0.1, 0.15) is 36.9 Å².